The fourth-order valence-electron chi connectivity index (χ4n) is 1.94. The molecule has 0 saturated carbocycles. The first-order valence-electron chi connectivity index (χ1n) is 6.57. The summed E-state index contributed by atoms with van der Waals surface area (Å²) in [5.41, 5.74) is 1.14. The normalized spacial score (nSPS) is 10.0. The van der Waals surface area contributed by atoms with Gasteiger partial charge in [-0.25, -0.2) is 9.18 Å². The molecule has 2 amide bonds. The second-order valence-corrected chi connectivity index (χ2v) is 4.68. The van der Waals surface area contributed by atoms with Crippen molar-refractivity contribution in [3.8, 4) is 5.75 Å². The zero-order chi connectivity index (χ0) is 17.0. The molecule has 0 unspecified atom stereocenters. The average Bonchev–Trinajstić information content (AvgIpc) is 2.50. The van der Waals surface area contributed by atoms with Crippen LogP contribution in [0.2, 0.25) is 0 Å². The number of halogens is 1. The van der Waals surface area contributed by atoms with Crippen LogP contribution in [0.4, 0.5) is 26.2 Å². The number of anilines is 2. The highest BCUT2D eigenvalue weighted by Gasteiger charge is 2.14. The molecule has 2 rings (SSSR count). The number of urea groups is 1. The third kappa shape index (κ3) is 3.94. The SMILES string of the molecule is COc1cc([N+](=O)[O-])ccc1NC(=O)Nc1ccc(F)cc1C. The van der Waals surface area contributed by atoms with Crippen LogP contribution in [0.5, 0.6) is 5.75 Å². The summed E-state index contributed by atoms with van der Waals surface area (Å²) in [4.78, 5) is 22.2. The van der Waals surface area contributed by atoms with Crippen molar-refractivity contribution in [2.45, 2.75) is 6.92 Å². The standard InChI is InChI=1S/C15H14FN3O4/c1-9-7-10(16)3-5-12(9)17-15(20)18-13-6-4-11(19(21)22)8-14(13)23-2/h3-8H,1-2H3,(H2,17,18,20). The zero-order valence-corrected chi connectivity index (χ0v) is 12.4. The lowest BCUT2D eigenvalue weighted by molar-refractivity contribution is -0.384. The molecule has 0 aliphatic rings. The number of benzene rings is 2. The molecule has 2 aromatic rings. The Kier molecular flexibility index (Phi) is 4.75. The van der Waals surface area contributed by atoms with Crippen molar-refractivity contribution in [1.29, 1.82) is 0 Å². The van der Waals surface area contributed by atoms with Crippen LogP contribution in [-0.4, -0.2) is 18.1 Å². The van der Waals surface area contributed by atoms with Crippen LogP contribution in [0.15, 0.2) is 36.4 Å². The molecule has 7 nitrogen and oxygen atoms in total. The van der Waals surface area contributed by atoms with Gasteiger partial charge < -0.3 is 15.4 Å². The van der Waals surface area contributed by atoms with E-state index in [0.29, 0.717) is 11.3 Å². The Balaban J connectivity index is 2.15. The fourth-order valence-corrected chi connectivity index (χ4v) is 1.94. The summed E-state index contributed by atoms with van der Waals surface area (Å²) in [6, 6.07) is 7.22. The van der Waals surface area contributed by atoms with Gasteiger partial charge in [-0.1, -0.05) is 0 Å². The molecular weight excluding hydrogens is 305 g/mol. The monoisotopic (exact) mass is 319 g/mol. The maximum atomic E-state index is 13.0. The average molecular weight is 319 g/mol. The van der Waals surface area contributed by atoms with Crippen LogP contribution in [0, 0.1) is 22.9 Å². The zero-order valence-electron chi connectivity index (χ0n) is 12.4. The molecule has 23 heavy (non-hydrogen) atoms. The lowest BCUT2D eigenvalue weighted by Crippen LogP contribution is -2.20. The maximum absolute atomic E-state index is 13.0. The topological polar surface area (TPSA) is 93.5 Å². The number of methoxy groups -OCH3 is 1. The van der Waals surface area contributed by atoms with Crippen molar-refractivity contribution < 1.29 is 18.8 Å². The van der Waals surface area contributed by atoms with Crippen molar-refractivity contribution in [3.05, 3.63) is 57.9 Å². The predicted octanol–water partition coefficient (Wildman–Crippen LogP) is 3.69. The number of ether oxygens (including phenoxy) is 1. The van der Waals surface area contributed by atoms with Crippen molar-refractivity contribution >= 4 is 23.1 Å². The van der Waals surface area contributed by atoms with Gasteiger partial charge in [0.25, 0.3) is 5.69 Å². The number of carbonyl (C=O) groups excluding carboxylic acids is 1. The van der Waals surface area contributed by atoms with Crippen molar-refractivity contribution in [3.63, 3.8) is 0 Å². The number of rotatable bonds is 4. The highest BCUT2D eigenvalue weighted by molar-refractivity contribution is 6.01. The first-order valence-corrected chi connectivity index (χ1v) is 6.57. The molecule has 0 aliphatic carbocycles. The molecule has 120 valence electrons. The van der Waals surface area contributed by atoms with Gasteiger partial charge >= 0.3 is 6.03 Å². The Morgan fingerprint density at radius 3 is 2.43 bits per heavy atom. The number of nitro groups is 1. The molecule has 0 saturated heterocycles. The molecule has 0 radical (unpaired) electrons. The van der Waals surface area contributed by atoms with E-state index in [4.69, 9.17) is 4.74 Å². The Morgan fingerprint density at radius 1 is 1.17 bits per heavy atom. The molecule has 2 aromatic carbocycles. The summed E-state index contributed by atoms with van der Waals surface area (Å²) in [6.07, 6.45) is 0. The van der Waals surface area contributed by atoms with E-state index in [1.807, 2.05) is 0 Å². The Hall–Kier alpha value is -3.16. The Labute approximate surface area is 131 Å². The summed E-state index contributed by atoms with van der Waals surface area (Å²) in [6.45, 7) is 1.66. The molecule has 0 spiro atoms. The van der Waals surface area contributed by atoms with Crippen molar-refractivity contribution in [2.75, 3.05) is 17.7 Å². The van der Waals surface area contributed by atoms with Crippen LogP contribution < -0.4 is 15.4 Å². The van der Waals surface area contributed by atoms with Gasteiger partial charge in [0.15, 0.2) is 0 Å². The second-order valence-electron chi connectivity index (χ2n) is 4.68. The smallest absolute Gasteiger partial charge is 0.323 e. The third-order valence-electron chi connectivity index (χ3n) is 3.08. The van der Waals surface area contributed by atoms with Gasteiger partial charge in [0.05, 0.1) is 23.8 Å². The van der Waals surface area contributed by atoms with Gasteiger partial charge in [-0.3, -0.25) is 10.1 Å². The molecule has 0 atom stereocenters. The van der Waals surface area contributed by atoms with Gasteiger partial charge in [-0.05, 0) is 36.8 Å². The summed E-state index contributed by atoms with van der Waals surface area (Å²) in [5, 5.41) is 15.8. The van der Waals surface area contributed by atoms with Crippen LogP contribution >= 0.6 is 0 Å². The molecular formula is C15H14FN3O4. The first kappa shape index (κ1) is 16.2. The number of hydrogen-bond acceptors (Lipinski definition) is 4. The summed E-state index contributed by atoms with van der Waals surface area (Å²) in [7, 11) is 1.34. The highest BCUT2D eigenvalue weighted by atomic mass is 19.1. The molecule has 0 aliphatic heterocycles. The number of nitro benzene ring substituents is 1. The van der Waals surface area contributed by atoms with Gasteiger partial charge in [0.2, 0.25) is 0 Å². The van der Waals surface area contributed by atoms with E-state index in [1.165, 1.54) is 43.5 Å². The Morgan fingerprint density at radius 2 is 1.83 bits per heavy atom. The highest BCUT2D eigenvalue weighted by Crippen LogP contribution is 2.29. The summed E-state index contributed by atoms with van der Waals surface area (Å²) in [5.74, 6) is -0.240. The Bertz CT molecular complexity index is 764. The first-order chi connectivity index (χ1) is 10.9. The largest absolute Gasteiger partial charge is 0.494 e. The van der Waals surface area contributed by atoms with E-state index < -0.39 is 16.8 Å². The van der Waals surface area contributed by atoms with Crippen LogP contribution in [0.1, 0.15) is 5.56 Å². The summed E-state index contributed by atoms with van der Waals surface area (Å²) < 4.78 is 18.1. The second kappa shape index (κ2) is 6.73. The van der Waals surface area contributed by atoms with Crippen LogP contribution in [0.25, 0.3) is 0 Å². The van der Waals surface area contributed by atoms with Crippen molar-refractivity contribution in [1.82, 2.24) is 0 Å². The molecule has 2 N–H and O–H groups in total. The van der Waals surface area contributed by atoms with Crippen LogP contribution in [0.3, 0.4) is 0 Å². The number of non-ortho nitro benzene ring substituents is 1. The van der Waals surface area contributed by atoms with Gasteiger partial charge in [0, 0.05) is 11.8 Å². The van der Waals surface area contributed by atoms with E-state index >= 15 is 0 Å². The number of carbonyl (C=O) groups is 1. The molecule has 0 heterocycles. The minimum Gasteiger partial charge on any atom is -0.494 e. The quantitative estimate of drug-likeness (QED) is 0.664. The third-order valence-corrected chi connectivity index (χ3v) is 3.08. The molecule has 0 bridgehead atoms. The number of amides is 2. The molecule has 8 heteroatoms. The molecule has 0 aromatic heterocycles. The van der Waals surface area contributed by atoms with Crippen molar-refractivity contribution in [2.24, 2.45) is 0 Å². The van der Waals surface area contributed by atoms with E-state index in [2.05, 4.69) is 10.6 Å². The lowest BCUT2D eigenvalue weighted by atomic mass is 10.2. The van der Waals surface area contributed by atoms with E-state index in [-0.39, 0.29) is 17.1 Å². The van der Waals surface area contributed by atoms with Crippen LogP contribution in [-0.2, 0) is 0 Å². The maximum Gasteiger partial charge on any atom is 0.323 e. The molecule has 0 fully saturated rings. The minimum atomic E-state index is -0.577. The number of hydrogen-bond donors (Lipinski definition) is 2. The lowest BCUT2D eigenvalue weighted by Gasteiger charge is -2.12. The number of nitrogens with one attached hydrogen (secondary N) is 2. The van der Waals surface area contributed by atoms with E-state index in [9.17, 15) is 19.3 Å². The van der Waals surface area contributed by atoms with Gasteiger partial charge in [-0.15, -0.1) is 0 Å². The van der Waals surface area contributed by atoms with E-state index in [0.717, 1.165) is 0 Å². The summed E-state index contributed by atoms with van der Waals surface area (Å²) >= 11 is 0. The van der Waals surface area contributed by atoms with E-state index in [1.54, 1.807) is 6.92 Å². The van der Waals surface area contributed by atoms with Gasteiger partial charge in [0.1, 0.15) is 11.6 Å². The minimum absolute atomic E-state index is 0.151. The number of nitrogens with zero attached hydrogens (tertiary/aromatic N) is 1. The number of aryl methyl sites for hydroxylation is 1. The van der Waals surface area contributed by atoms with Gasteiger partial charge in [-0.2, -0.15) is 0 Å². The fraction of sp³-hybridized carbons (Fsp3) is 0.133. The predicted molar refractivity (Wildman–Crippen MR) is 83.4 cm³/mol.